The van der Waals surface area contributed by atoms with Crippen molar-refractivity contribution in [3.8, 4) is 0 Å². The van der Waals surface area contributed by atoms with E-state index in [1.54, 1.807) is 0 Å². The van der Waals surface area contributed by atoms with E-state index < -0.39 is 0 Å². The van der Waals surface area contributed by atoms with Crippen LogP contribution in [0.4, 0.5) is 0 Å². The molecule has 0 aromatic carbocycles. The monoisotopic (exact) mass is 328 g/mol. The van der Waals surface area contributed by atoms with Crippen molar-refractivity contribution in [1.29, 1.82) is 0 Å². The first kappa shape index (κ1) is 14.9. The molecule has 1 amide bonds. The van der Waals surface area contributed by atoms with Crippen LogP contribution in [0.15, 0.2) is 0 Å². The first-order valence-electron chi connectivity index (χ1n) is 10.0. The van der Waals surface area contributed by atoms with Gasteiger partial charge >= 0.3 is 0 Å². The third kappa shape index (κ3) is 2.39. The molecule has 5 nitrogen and oxygen atoms in total. The third-order valence-corrected chi connectivity index (χ3v) is 7.13. The van der Waals surface area contributed by atoms with E-state index in [4.69, 9.17) is 0 Å². The number of fused-ring (bicyclic) bond motifs is 3. The highest BCUT2D eigenvalue weighted by Gasteiger charge is 2.44. The Hall–Kier alpha value is -1.39. The van der Waals surface area contributed by atoms with E-state index in [0.29, 0.717) is 23.8 Å². The Labute approximate surface area is 143 Å². The maximum absolute atomic E-state index is 12.9. The van der Waals surface area contributed by atoms with Gasteiger partial charge in [-0.2, -0.15) is 0 Å². The first-order chi connectivity index (χ1) is 11.8. The summed E-state index contributed by atoms with van der Waals surface area (Å²) >= 11 is 0. The molecule has 1 saturated heterocycles. The number of likely N-dealkylation sites (tertiary alicyclic amines) is 1. The molecule has 3 aliphatic carbocycles. The van der Waals surface area contributed by atoms with Crippen molar-refractivity contribution >= 4 is 5.91 Å². The molecule has 3 atom stereocenters. The second-order valence-corrected chi connectivity index (χ2v) is 8.47. The molecule has 4 aliphatic rings. The van der Waals surface area contributed by atoms with Crippen LogP contribution in [-0.4, -0.2) is 38.9 Å². The van der Waals surface area contributed by atoms with Crippen molar-refractivity contribution in [3.05, 3.63) is 11.4 Å². The number of hydrogen-bond donors (Lipinski definition) is 0. The predicted molar refractivity (Wildman–Crippen MR) is 90.5 cm³/mol. The number of amides is 1. The lowest BCUT2D eigenvalue weighted by Gasteiger charge is -2.35. The fraction of sp³-hybridized carbons (Fsp3) is 0.842. The van der Waals surface area contributed by atoms with Crippen molar-refractivity contribution in [2.24, 2.45) is 17.8 Å². The topological polar surface area (TPSA) is 51.0 Å². The van der Waals surface area contributed by atoms with E-state index >= 15 is 0 Å². The molecule has 1 aromatic heterocycles. The van der Waals surface area contributed by atoms with Gasteiger partial charge in [-0.1, -0.05) is 11.6 Å². The van der Waals surface area contributed by atoms with Gasteiger partial charge in [0, 0.05) is 19.0 Å². The van der Waals surface area contributed by atoms with Crippen molar-refractivity contribution < 1.29 is 4.79 Å². The molecule has 5 heteroatoms. The number of rotatable bonds is 2. The van der Waals surface area contributed by atoms with Gasteiger partial charge in [-0.3, -0.25) is 4.79 Å². The van der Waals surface area contributed by atoms with Crippen LogP contribution in [0.2, 0.25) is 0 Å². The minimum atomic E-state index is 0.347. The molecule has 5 rings (SSSR count). The molecule has 0 unspecified atom stereocenters. The van der Waals surface area contributed by atoms with E-state index in [-0.39, 0.29) is 0 Å². The Balaban J connectivity index is 1.23. The van der Waals surface area contributed by atoms with Gasteiger partial charge in [0.1, 0.15) is 0 Å². The fourth-order valence-corrected chi connectivity index (χ4v) is 5.79. The van der Waals surface area contributed by atoms with Crippen LogP contribution in [-0.2, 0) is 17.6 Å². The zero-order valence-electron chi connectivity index (χ0n) is 14.5. The van der Waals surface area contributed by atoms with Gasteiger partial charge in [-0.25, -0.2) is 4.68 Å². The summed E-state index contributed by atoms with van der Waals surface area (Å²) in [6, 6.07) is 0.448. The molecule has 1 aliphatic heterocycles. The quantitative estimate of drug-likeness (QED) is 0.839. The average molecular weight is 328 g/mol. The molecule has 2 saturated carbocycles. The molecule has 24 heavy (non-hydrogen) atoms. The second-order valence-electron chi connectivity index (χ2n) is 8.47. The van der Waals surface area contributed by atoms with Crippen LogP contribution in [0.1, 0.15) is 68.8 Å². The number of aromatic nitrogens is 3. The Kier molecular flexibility index (Phi) is 3.64. The number of aryl methyl sites for hydroxylation is 1. The summed E-state index contributed by atoms with van der Waals surface area (Å²) in [7, 11) is 0. The van der Waals surface area contributed by atoms with Gasteiger partial charge < -0.3 is 4.90 Å². The van der Waals surface area contributed by atoms with Crippen LogP contribution in [0.25, 0.3) is 0 Å². The molecule has 0 radical (unpaired) electrons. The van der Waals surface area contributed by atoms with Crippen molar-refractivity contribution in [3.63, 3.8) is 0 Å². The number of carbonyl (C=O) groups excluding carboxylic acids is 1. The highest BCUT2D eigenvalue weighted by Crippen LogP contribution is 2.49. The van der Waals surface area contributed by atoms with Gasteiger partial charge in [0.25, 0.3) is 0 Å². The molecule has 130 valence electrons. The first-order valence-corrected chi connectivity index (χ1v) is 10.0. The molecule has 0 N–H and O–H groups in total. The zero-order valence-corrected chi connectivity index (χ0v) is 14.5. The maximum atomic E-state index is 12.9. The third-order valence-electron chi connectivity index (χ3n) is 7.13. The van der Waals surface area contributed by atoms with Crippen LogP contribution < -0.4 is 0 Å². The van der Waals surface area contributed by atoms with Crippen LogP contribution in [0.5, 0.6) is 0 Å². The number of hydrogen-bond acceptors (Lipinski definition) is 3. The average Bonchev–Trinajstić information content (AvgIpc) is 3.36. The lowest BCUT2D eigenvalue weighted by Crippen LogP contribution is -2.43. The van der Waals surface area contributed by atoms with Gasteiger partial charge in [-0.15, -0.1) is 5.10 Å². The standard InChI is InChI=1S/C19H28N4O/c24-19(16-12-13-5-6-14(16)11-13)22-9-7-15(8-10-22)23-18-4-2-1-3-17(18)20-21-23/h13-16H,1-12H2/t13-,14+,16-/m0/s1. The van der Waals surface area contributed by atoms with Gasteiger partial charge in [0.05, 0.1) is 17.4 Å². The zero-order chi connectivity index (χ0) is 16.1. The molecular weight excluding hydrogens is 300 g/mol. The lowest BCUT2D eigenvalue weighted by molar-refractivity contribution is -0.138. The summed E-state index contributed by atoms with van der Waals surface area (Å²) in [4.78, 5) is 15.1. The fourth-order valence-electron chi connectivity index (χ4n) is 5.79. The Morgan fingerprint density at radius 1 is 1.00 bits per heavy atom. The maximum Gasteiger partial charge on any atom is 0.225 e. The van der Waals surface area contributed by atoms with E-state index in [2.05, 4.69) is 19.9 Å². The molecule has 3 fully saturated rings. The van der Waals surface area contributed by atoms with Gasteiger partial charge in [-0.05, 0) is 69.6 Å². The van der Waals surface area contributed by atoms with Crippen LogP contribution in [0, 0.1) is 17.8 Å². The summed E-state index contributed by atoms with van der Waals surface area (Å²) in [6.45, 7) is 1.82. The van der Waals surface area contributed by atoms with Gasteiger partial charge in [0.2, 0.25) is 5.91 Å². The summed E-state index contributed by atoms with van der Waals surface area (Å²) in [5.41, 5.74) is 2.60. The molecule has 2 bridgehead atoms. The van der Waals surface area contributed by atoms with E-state index in [1.807, 2.05) is 0 Å². The molecule has 1 aromatic rings. The summed E-state index contributed by atoms with van der Waals surface area (Å²) in [5, 5.41) is 8.87. The normalized spacial score (nSPS) is 33.0. The van der Waals surface area contributed by atoms with E-state index in [9.17, 15) is 4.79 Å². The summed E-state index contributed by atoms with van der Waals surface area (Å²) in [6.07, 6.45) is 12.0. The predicted octanol–water partition coefficient (Wildman–Crippen LogP) is 2.76. The molecule has 2 heterocycles. The van der Waals surface area contributed by atoms with E-state index in [1.165, 1.54) is 49.9 Å². The SMILES string of the molecule is O=C([C@H]1C[C@H]2CC[C@@H]1C2)N1CCC(n2nnc3c2CCCC3)CC1. The van der Waals surface area contributed by atoms with Crippen LogP contribution in [0.3, 0.4) is 0 Å². The van der Waals surface area contributed by atoms with E-state index in [0.717, 1.165) is 44.7 Å². The highest BCUT2D eigenvalue weighted by atomic mass is 16.2. The highest BCUT2D eigenvalue weighted by molar-refractivity contribution is 5.79. The number of nitrogens with zero attached hydrogens (tertiary/aromatic N) is 4. The number of piperidine rings is 1. The molecule has 0 spiro atoms. The summed E-state index contributed by atoms with van der Waals surface area (Å²) < 4.78 is 2.20. The lowest BCUT2D eigenvalue weighted by atomic mass is 9.87. The van der Waals surface area contributed by atoms with Crippen molar-refractivity contribution in [2.45, 2.75) is 70.3 Å². The number of carbonyl (C=O) groups is 1. The van der Waals surface area contributed by atoms with Crippen molar-refractivity contribution in [1.82, 2.24) is 19.9 Å². The van der Waals surface area contributed by atoms with Gasteiger partial charge in [0.15, 0.2) is 0 Å². The Morgan fingerprint density at radius 3 is 2.58 bits per heavy atom. The van der Waals surface area contributed by atoms with Crippen LogP contribution >= 0.6 is 0 Å². The summed E-state index contributed by atoms with van der Waals surface area (Å²) in [5.74, 6) is 2.35. The Bertz CT molecular complexity index is 631. The minimum Gasteiger partial charge on any atom is -0.342 e. The second kappa shape index (κ2) is 5.85. The molecular formula is C19H28N4O. The largest absolute Gasteiger partial charge is 0.342 e. The Morgan fingerprint density at radius 2 is 1.83 bits per heavy atom. The minimum absolute atomic E-state index is 0.347. The smallest absolute Gasteiger partial charge is 0.225 e. The van der Waals surface area contributed by atoms with Crippen molar-refractivity contribution in [2.75, 3.05) is 13.1 Å².